The minimum Gasteiger partial charge on any atom is -0.370 e. The van der Waals surface area contributed by atoms with Gasteiger partial charge in [-0.2, -0.15) is 5.26 Å². The summed E-state index contributed by atoms with van der Waals surface area (Å²) in [6, 6.07) is 13.5. The molecule has 0 radical (unpaired) electrons. The molecule has 0 aromatic heterocycles. The van der Waals surface area contributed by atoms with Crippen molar-refractivity contribution in [2.75, 3.05) is 11.9 Å². The summed E-state index contributed by atoms with van der Waals surface area (Å²) in [6.07, 6.45) is 0. The van der Waals surface area contributed by atoms with Gasteiger partial charge in [0, 0.05) is 30.4 Å². The van der Waals surface area contributed by atoms with Crippen molar-refractivity contribution < 1.29 is 9.18 Å². The van der Waals surface area contributed by atoms with Crippen molar-refractivity contribution in [2.24, 2.45) is 0 Å². The molecule has 0 spiro atoms. The molecule has 0 saturated heterocycles. The number of nitriles is 1. The average molecular weight is 282 g/mol. The highest BCUT2D eigenvalue weighted by Gasteiger charge is 2.13. The number of benzene rings is 2. The Kier molecular flexibility index (Phi) is 4.34. The van der Waals surface area contributed by atoms with Crippen LogP contribution in [-0.4, -0.2) is 12.8 Å². The van der Waals surface area contributed by atoms with Gasteiger partial charge in [-0.25, -0.2) is 4.39 Å². The third-order valence-corrected chi connectivity index (χ3v) is 3.28. The Hall–Kier alpha value is -2.67. The molecular formula is C17H15FN2O. The lowest BCUT2D eigenvalue weighted by Gasteiger charge is -2.22. The van der Waals surface area contributed by atoms with Gasteiger partial charge in [0.05, 0.1) is 11.6 Å². The molecule has 0 heterocycles. The summed E-state index contributed by atoms with van der Waals surface area (Å²) in [5.74, 6) is -0.375. The highest BCUT2D eigenvalue weighted by Crippen LogP contribution is 2.24. The van der Waals surface area contributed by atoms with Crippen LogP contribution in [0.4, 0.5) is 10.1 Å². The van der Waals surface area contributed by atoms with Crippen LogP contribution in [0, 0.1) is 17.1 Å². The molecule has 0 atom stereocenters. The second-order valence-electron chi connectivity index (χ2n) is 4.85. The number of hydrogen-bond donors (Lipinski definition) is 0. The van der Waals surface area contributed by atoms with E-state index in [1.54, 1.807) is 48.3 Å². The van der Waals surface area contributed by atoms with Crippen molar-refractivity contribution in [3.05, 3.63) is 65.0 Å². The summed E-state index contributed by atoms with van der Waals surface area (Å²) >= 11 is 0. The lowest BCUT2D eigenvalue weighted by Crippen LogP contribution is -2.20. The van der Waals surface area contributed by atoms with Crippen molar-refractivity contribution in [3.8, 4) is 6.07 Å². The molecule has 2 aromatic rings. The van der Waals surface area contributed by atoms with Gasteiger partial charge in [0.2, 0.25) is 0 Å². The summed E-state index contributed by atoms with van der Waals surface area (Å²) in [4.78, 5) is 13.5. The number of anilines is 1. The van der Waals surface area contributed by atoms with Gasteiger partial charge in [0.25, 0.3) is 0 Å². The monoisotopic (exact) mass is 282 g/mol. The number of Topliss-reactive ketones (excluding diaryl/α,β-unsaturated/α-hetero) is 1. The van der Waals surface area contributed by atoms with E-state index in [4.69, 9.17) is 5.26 Å². The molecule has 106 valence electrons. The maximum atomic E-state index is 13.7. The van der Waals surface area contributed by atoms with Crippen LogP contribution in [0.3, 0.4) is 0 Å². The lowest BCUT2D eigenvalue weighted by molar-refractivity contribution is 0.101. The minimum absolute atomic E-state index is 0.0881. The predicted molar refractivity (Wildman–Crippen MR) is 79.7 cm³/mol. The van der Waals surface area contributed by atoms with E-state index in [1.807, 2.05) is 0 Å². The molecule has 4 heteroatoms. The molecular weight excluding hydrogens is 267 g/mol. The Morgan fingerprint density at radius 2 is 2.00 bits per heavy atom. The van der Waals surface area contributed by atoms with E-state index in [9.17, 15) is 9.18 Å². The average Bonchev–Trinajstić information content (AvgIpc) is 2.48. The number of halogens is 1. The van der Waals surface area contributed by atoms with E-state index >= 15 is 0 Å². The fourth-order valence-corrected chi connectivity index (χ4v) is 2.18. The summed E-state index contributed by atoms with van der Waals surface area (Å²) in [5.41, 5.74) is 2.16. The van der Waals surface area contributed by atoms with Gasteiger partial charge < -0.3 is 4.90 Å². The molecule has 0 fully saturated rings. The molecule has 0 aliphatic heterocycles. The van der Waals surface area contributed by atoms with Gasteiger partial charge in [-0.3, -0.25) is 4.79 Å². The predicted octanol–water partition coefficient (Wildman–Crippen LogP) is 3.54. The van der Waals surface area contributed by atoms with Gasteiger partial charge in [0.15, 0.2) is 5.78 Å². The van der Waals surface area contributed by atoms with Crippen molar-refractivity contribution in [1.29, 1.82) is 5.26 Å². The van der Waals surface area contributed by atoms with E-state index < -0.39 is 0 Å². The molecule has 3 nitrogen and oxygen atoms in total. The molecule has 0 amide bonds. The molecule has 0 bridgehead atoms. The number of rotatable bonds is 4. The Morgan fingerprint density at radius 3 is 2.62 bits per heavy atom. The van der Waals surface area contributed by atoms with Crippen LogP contribution in [0.25, 0.3) is 0 Å². The Labute approximate surface area is 123 Å². The standard InChI is InChI=1S/C17H15FN2O/c1-12(21)15-8-7-13(10-19)9-17(15)20(2)11-14-5-3-4-6-16(14)18/h3-9H,11H2,1-2H3. The summed E-state index contributed by atoms with van der Waals surface area (Å²) in [5, 5.41) is 8.99. The topological polar surface area (TPSA) is 44.1 Å². The van der Waals surface area contributed by atoms with Crippen LogP contribution in [0.15, 0.2) is 42.5 Å². The third-order valence-electron chi connectivity index (χ3n) is 3.28. The molecule has 21 heavy (non-hydrogen) atoms. The molecule has 0 aliphatic rings. The van der Waals surface area contributed by atoms with Gasteiger partial charge in [-0.15, -0.1) is 0 Å². The Balaban J connectivity index is 2.38. The molecule has 2 rings (SSSR count). The van der Waals surface area contributed by atoms with Crippen LogP contribution in [0.2, 0.25) is 0 Å². The molecule has 0 aliphatic carbocycles. The number of carbonyl (C=O) groups is 1. The molecule has 0 saturated carbocycles. The van der Waals surface area contributed by atoms with Gasteiger partial charge in [0.1, 0.15) is 5.82 Å². The van der Waals surface area contributed by atoms with Gasteiger partial charge in [-0.05, 0) is 31.2 Å². The van der Waals surface area contributed by atoms with Crippen molar-refractivity contribution in [2.45, 2.75) is 13.5 Å². The molecule has 2 aromatic carbocycles. The second-order valence-corrected chi connectivity index (χ2v) is 4.85. The van der Waals surface area contributed by atoms with Gasteiger partial charge >= 0.3 is 0 Å². The van der Waals surface area contributed by atoms with Crippen LogP contribution in [-0.2, 0) is 6.54 Å². The Bertz CT molecular complexity index is 719. The van der Waals surface area contributed by atoms with Crippen molar-refractivity contribution >= 4 is 11.5 Å². The van der Waals surface area contributed by atoms with Crippen molar-refractivity contribution in [1.82, 2.24) is 0 Å². The highest BCUT2D eigenvalue weighted by molar-refractivity contribution is 6.00. The minimum atomic E-state index is -0.287. The second kappa shape index (κ2) is 6.19. The highest BCUT2D eigenvalue weighted by atomic mass is 19.1. The van der Waals surface area contributed by atoms with E-state index in [2.05, 4.69) is 6.07 Å². The first-order valence-electron chi connectivity index (χ1n) is 6.52. The van der Waals surface area contributed by atoms with E-state index in [-0.39, 0.29) is 11.6 Å². The van der Waals surface area contributed by atoms with E-state index in [1.165, 1.54) is 13.0 Å². The first-order valence-corrected chi connectivity index (χ1v) is 6.52. The maximum Gasteiger partial charge on any atom is 0.161 e. The summed E-state index contributed by atoms with van der Waals surface area (Å²) in [6.45, 7) is 1.80. The largest absolute Gasteiger partial charge is 0.370 e. The quantitative estimate of drug-likeness (QED) is 0.806. The normalized spacial score (nSPS) is 10.0. The Morgan fingerprint density at radius 1 is 1.29 bits per heavy atom. The zero-order chi connectivity index (χ0) is 15.4. The van der Waals surface area contributed by atoms with Crippen LogP contribution in [0.5, 0.6) is 0 Å². The lowest BCUT2D eigenvalue weighted by atomic mass is 10.0. The zero-order valence-electron chi connectivity index (χ0n) is 11.9. The third kappa shape index (κ3) is 3.26. The van der Waals surface area contributed by atoms with E-state index in [0.717, 1.165) is 0 Å². The fraction of sp³-hybridized carbons (Fsp3) is 0.176. The first-order chi connectivity index (χ1) is 10.0. The number of hydrogen-bond acceptors (Lipinski definition) is 3. The fourth-order valence-electron chi connectivity index (χ4n) is 2.18. The number of carbonyl (C=O) groups excluding carboxylic acids is 1. The summed E-state index contributed by atoms with van der Waals surface area (Å²) < 4.78 is 13.7. The summed E-state index contributed by atoms with van der Waals surface area (Å²) in [7, 11) is 1.77. The van der Waals surface area contributed by atoms with Crippen molar-refractivity contribution in [3.63, 3.8) is 0 Å². The molecule has 0 unspecified atom stereocenters. The zero-order valence-corrected chi connectivity index (χ0v) is 11.9. The smallest absolute Gasteiger partial charge is 0.161 e. The van der Waals surface area contributed by atoms with Crippen LogP contribution in [0.1, 0.15) is 28.4 Å². The van der Waals surface area contributed by atoms with E-state index in [0.29, 0.717) is 28.9 Å². The SMILES string of the molecule is CC(=O)c1ccc(C#N)cc1N(C)Cc1ccccc1F. The van der Waals surface area contributed by atoms with Gasteiger partial charge in [-0.1, -0.05) is 18.2 Å². The van der Waals surface area contributed by atoms with Crippen LogP contribution < -0.4 is 4.90 Å². The number of ketones is 1. The maximum absolute atomic E-state index is 13.7. The first kappa shape index (κ1) is 14.7. The molecule has 0 N–H and O–H groups in total. The number of nitrogens with zero attached hydrogens (tertiary/aromatic N) is 2. The van der Waals surface area contributed by atoms with Crippen LogP contribution >= 0.6 is 0 Å².